The smallest absolute Gasteiger partial charge is 0.254 e. The Morgan fingerprint density at radius 2 is 1.81 bits per heavy atom. The highest BCUT2D eigenvalue weighted by Crippen LogP contribution is 2.16. The Bertz CT molecular complexity index is 1150. The molecule has 2 aromatic carbocycles. The first-order valence-corrected chi connectivity index (χ1v) is 10.9. The highest BCUT2D eigenvalue weighted by atomic mass is 32.2. The standard InChI is InChI=1S/C21H21FN4O4S/c22-18-6-2-5-16(11-18)20-23-13-17(14-24-20)21(28)25-12-15-4-1-7-19(10-15)31(29,30)26-8-3-9-27/h1-2,4-7,10-11,13-14,26-27H,3,8-9,12H2,(H,25,28). The highest BCUT2D eigenvalue weighted by molar-refractivity contribution is 7.89. The molecule has 1 heterocycles. The summed E-state index contributed by atoms with van der Waals surface area (Å²) in [5, 5.41) is 11.5. The Morgan fingerprint density at radius 3 is 2.52 bits per heavy atom. The zero-order valence-corrected chi connectivity index (χ0v) is 17.3. The molecule has 0 fully saturated rings. The first kappa shape index (κ1) is 22.5. The third-order valence-corrected chi connectivity index (χ3v) is 5.74. The second kappa shape index (κ2) is 10.2. The third-order valence-electron chi connectivity index (χ3n) is 4.29. The van der Waals surface area contributed by atoms with E-state index in [2.05, 4.69) is 20.0 Å². The van der Waals surface area contributed by atoms with Gasteiger partial charge in [-0.15, -0.1) is 0 Å². The maximum atomic E-state index is 13.3. The minimum Gasteiger partial charge on any atom is -0.396 e. The lowest BCUT2D eigenvalue weighted by Crippen LogP contribution is -2.26. The van der Waals surface area contributed by atoms with Crippen LogP contribution in [0.1, 0.15) is 22.3 Å². The van der Waals surface area contributed by atoms with Crippen molar-refractivity contribution in [2.24, 2.45) is 0 Å². The van der Waals surface area contributed by atoms with E-state index in [1.807, 2.05) is 0 Å². The first-order chi connectivity index (χ1) is 14.9. The normalized spacial score (nSPS) is 11.3. The molecule has 31 heavy (non-hydrogen) atoms. The molecule has 10 heteroatoms. The molecule has 1 aromatic heterocycles. The van der Waals surface area contributed by atoms with Crippen LogP contribution in [0.4, 0.5) is 4.39 Å². The van der Waals surface area contributed by atoms with E-state index in [1.165, 1.54) is 36.7 Å². The first-order valence-electron chi connectivity index (χ1n) is 9.45. The van der Waals surface area contributed by atoms with Crippen molar-refractivity contribution < 1.29 is 22.7 Å². The van der Waals surface area contributed by atoms with Gasteiger partial charge in [0.05, 0.1) is 10.5 Å². The molecule has 0 aliphatic carbocycles. The van der Waals surface area contributed by atoms with E-state index in [0.717, 1.165) is 0 Å². The Labute approximate surface area is 179 Å². The molecule has 0 atom stereocenters. The average molecular weight is 444 g/mol. The molecule has 162 valence electrons. The number of hydrogen-bond donors (Lipinski definition) is 3. The van der Waals surface area contributed by atoms with Crippen molar-refractivity contribution >= 4 is 15.9 Å². The van der Waals surface area contributed by atoms with Crippen molar-refractivity contribution in [3.63, 3.8) is 0 Å². The minimum atomic E-state index is -3.70. The number of nitrogens with one attached hydrogen (secondary N) is 2. The van der Waals surface area contributed by atoms with Crippen LogP contribution in [0, 0.1) is 5.82 Å². The summed E-state index contributed by atoms with van der Waals surface area (Å²) in [6, 6.07) is 12.0. The van der Waals surface area contributed by atoms with Crippen LogP contribution in [0.5, 0.6) is 0 Å². The second-order valence-corrected chi connectivity index (χ2v) is 8.38. The van der Waals surface area contributed by atoms with Crippen LogP contribution >= 0.6 is 0 Å². The van der Waals surface area contributed by atoms with E-state index in [1.54, 1.807) is 24.3 Å². The molecule has 3 aromatic rings. The van der Waals surface area contributed by atoms with Gasteiger partial charge in [0.1, 0.15) is 5.82 Å². The molecule has 0 aliphatic rings. The SMILES string of the molecule is O=C(NCc1cccc(S(=O)(=O)NCCCO)c1)c1cnc(-c2cccc(F)c2)nc1. The molecule has 3 N–H and O–H groups in total. The lowest BCUT2D eigenvalue weighted by Gasteiger charge is -2.09. The van der Waals surface area contributed by atoms with Gasteiger partial charge in [0.2, 0.25) is 10.0 Å². The van der Waals surface area contributed by atoms with E-state index in [4.69, 9.17) is 5.11 Å². The zero-order chi connectivity index (χ0) is 22.3. The molecule has 0 aliphatic heterocycles. The van der Waals surface area contributed by atoms with Gasteiger partial charge in [-0.25, -0.2) is 27.5 Å². The fourth-order valence-corrected chi connectivity index (χ4v) is 3.84. The number of amides is 1. The number of aromatic nitrogens is 2. The predicted molar refractivity (Wildman–Crippen MR) is 112 cm³/mol. The van der Waals surface area contributed by atoms with Gasteiger partial charge < -0.3 is 10.4 Å². The molecule has 0 saturated carbocycles. The lowest BCUT2D eigenvalue weighted by atomic mass is 10.2. The van der Waals surface area contributed by atoms with E-state index in [-0.39, 0.29) is 30.2 Å². The number of benzene rings is 2. The molecular formula is C21H21FN4O4S. The highest BCUT2D eigenvalue weighted by Gasteiger charge is 2.14. The van der Waals surface area contributed by atoms with E-state index < -0.39 is 21.7 Å². The fraction of sp³-hybridized carbons (Fsp3) is 0.190. The van der Waals surface area contributed by atoms with Crippen molar-refractivity contribution in [2.45, 2.75) is 17.9 Å². The van der Waals surface area contributed by atoms with Gasteiger partial charge in [-0.3, -0.25) is 4.79 Å². The summed E-state index contributed by atoms with van der Waals surface area (Å²) in [6.45, 7) is 0.122. The zero-order valence-electron chi connectivity index (χ0n) is 16.5. The number of rotatable bonds is 9. The summed E-state index contributed by atoms with van der Waals surface area (Å²) in [6.07, 6.45) is 3.00. The summed E-state index contributed by atoms with van der Waals surface area (Å²) >= 11 is 0. The van der Waals surface area contributed by atoms with Gasteiger partial charge in [-0.1, -0.05) is 24.3 Å². The van der Waals surface area contributed by atoms with Crippen LogP contribution in [0.15, 0.2) is 65.8 Å². The molecule has 1 amide bonds. The maximum absolute atomic E-state index is 13.3. The van der Waals surface area contributed by atoms with Crippen LogP contribution in [0.2, 0.25) is 0 Å². The minimum absolute atomic E-state index is 0.0694. The Kier molecular flexibility index (Phi) is 7.40. The Morgan fingerprint density at radius 1 is 1.06 bits per heavy atom. The Hall–Kier alpha value is -3.21. The quantitative estimate of drug-likeness (QED) is 0.433. The number of nitrogens with zero attached hydrogens (tertiary/aromatic N) is 2. The fourth-order valence-electron chi connectivity index (χ4n) is 2.70. The molecule has 0 saturated heterocycles. The third kappa shape index (κ3) is 6.14. The average Bonchev–Trinajstić information content (AvgIpc) is 2.78. The van der Waals surface area contributed by atoms with Crippen molar-refractivity contribution in [3.05, 3.63) is 77.9 Å². The van der Waals surface area contributed by atoms with Crippen LogP contribution in [-0.2, 0) is 16.6 Å². The molecule has 0 radical (unpaired) electrons. The van der Waals surface area contributed by atoms with Gasteiger partial charge >= 0.3 is 0 Å². The second-order valence-electron chi connectivity index (χ2n) is 6.61. The van der Waals surface area contributed by atoms with Crippen molar-refractivity contribution in [3.8, 4) is 11.4 Å². The summed E-state index contributed by atoms with van der Waals surface area (Å²) in [7, 11) is -3.70. The largest absolute Gasteiger partial charge is 0.396 e. The lowest BCUT2D eigenvalue weighted by molar-refractivity contribution is 0.0950. The number of aliphatic hydroxyl groups is 1. The number of halogens is 1. The van der Waals surface area contributed by atoms with E-state index in [9.17, 15) is 17.6 Å². The summed E-state index contributed by atoms with van der Waals surface area (Å²) < 4.78 is 40.3. The number of aliphatic hydroxyl groups excluding tert-OH is 1. The van der Waals surface area contributed by atoms with Gasteiger partial charge in [0.15, 0.2) is 5.82 Å². The van der Waals surface area contributed by atoms with Gasteiger partial charge in [0.25, 0.3) is 5.91 Å². The molecule has 0 spiro atoms. The predicted octanol–water partition coefficient (Wildman–Crippen LogP) is 1.87. The molecule has 3 rings (SSSR count). The maximum Gasteiger partial charge on any atom is 0.254 e. The van der Waals surface area contributed by atoms with Gasteiger partial charge in [-0.2, -0.15) is 0 Å². The molecule has 0 bridgehead atoms. The number of carbonyl (C=O) groups excluding carboxylic acids is 1. The van der Waals surface area contributed by atoms with Crippen molar-refractivity contribution in [1.82, 2.24) is 20.0 Å². The van der Waals surface area contributed by atoms with Gasteiger partial charge in [0, 0.05) is 37.7 Å². The number of carbonyl (C=O) groups is 1. The van der Waals surface area contributed by atoms with Crippen LogP contribution in [-0.4, -0.2) is 42.6 Å². The van der Waals surface area contributed by atoms with Crippen LogP contribution < -0.4 is 10.0 Å². The summed E-state index contributed by atoms with van der Waals surface area (Å²) in [5.74, 6) is -0.543. The van der Waals surface area contributed by atoms with Crippen molar-refractivity contribution in [2.75, 3.05) is 13.2 Å². The van der Waals surface area contributed by atoms with Gasteiger partial charge in [-0.05, 0) is 36.2 Å². The molecule has 8 nitrogen and oxygen atoms in total. The van der Waals surface area contributed by atoms with E-state index in [0.29, 0.717) is 23.4 Å². The summed E-state index contributed by atoms with van der Waals surface area (Å²) in [5.41, 5.74) is 1.31. The number of hydrogen-bond acceptors (Lipinski definition) is 6. The summed E-state index contributed by atoms with van der Waals surface area (Å²) in [4.78, 5) is 20.6. The molecule has 0 unspecified atom stereocenters. The van der Waals surface area contributed by atoms with E-state index >= 15 is 0 Å². The van der Waals surface area contributed by atoms with Crippen molar-refractivity contribution in [1.29, 1.82) is 0 Å². The molecular weight excluding hydrogens is 423 g/mol. The topological polar surface area (TPSA) is 121 Å². The van der Waals surface area contributed by atoms with Crippen LogP contribution in [0.3, 0.4) is 0 Å². The van der Waals surface area contributed by atoms with Crippen LogP contribution in [0.25, 0.3) is 11.4 Å². The number of sulfonamides is 1. The Balaban J connectivity index is 1.63. The monoisotopic (exact) mass is 444 g/mol.